The zero-order valence-electron chi connectivity index (χ0n) is 21.1. The van der Waals surface area contributed by atoms with Crippen LogP contribution >= 0.6 is 27.7 Å². The topological polar surface area (TPSA) is 91.5 Å². The Hall–Kier alpha value is -3.66. The molecule has 0 aliphatic rings. The minimum atomic E-state index is 0.195. The van der Waals surface area contributed by atoms with Gasteiger partial charge in [0, 0.05) is 35.2 Å². The minimum absolute atomic E-state index is 0.195. The summed E-state index contributed by atoms with van der Waals surface area (Å²) in [7, 11) is 1.94. The van der Waals surface area contributed by atoms with Crippen molar-refractivity contribution >= 4 is 45.4 Å². The fraction of sp³-hybridized carbons (Fsp3) is 0.138. The molecule has 9 heteroatoms. The average Bonchev–Trinajstić information content (AvgIpc) is 3.33. The highest BCUT2D eigenvalue weighted by Crippen LogP contribution is 2.31. The monoisotopic (exact) mass is 589 g/mol. The number of benzene rings is 3. The van der Waals surface area contributed by atoms with Crippen LogP contribution in [0.15, 0.2) is 94.4 Å². The molecule has 0 aliphatic heterocycles. The van der Waals surface area contributed by atoms with Crippen LogP contribution in [0.5, 0.6) is 5.75 Å². The zero-order valence-corrected chi connectivity index (χ0v) is 23.5. The molecule has 0 atom stereocenters. The Morgan fingerprint density at radius 1 is 1.00 bits per heavy atom. The molecule has 38 heavy (non-hydrogen) atoms. The summed E-state index contributed by atoms with van der Waals surface area (Å²) in [4.78, 5) is 16.1. The van der Waals surface area contributed by atoms with E-state index in [2.05, 4.69) is 60.9 Å². The first-order valence-electron chi connectivity index (χ1n) is 11.9. The number of phenolic OH excluding ortho intramolecular Hbond substituents is 1. The van der Waals surface area contributed by atoms with Crippen molar-refractivity contribution in [3.8, 4) is 17.0 Å². The molecule has 2 aromatic heterocycles. The van der Waals surface area contributed by atoms with Gasteiger partial charge in [-0.15, -0.1) is 11.8 Å². The lowest BCUT2D eigenvalue weighted by Gasteiger charge is -2.12. The number of fused-ring (bicyclic) bond motifs is 1. The fourth-order valence-electron chi connectivity index (χ4n) is 3.83. The van der Waals surface area contributed by atoms with Crippen LogP contribution in [0.4, 0.5) is 5.82 Å². The largest absolute Gasteiger partial charge is 0.507 e. The lowest BCUT2D eigenvalue weighted by atomic mass is 10.1. The number of nitrogens with one attached hydrogen (secondary N) is 2. The first kappa shape index (κ1) is 27.4. The fourth-order valence-corrected chi connectivity index (χ4v) is 4.74. The van der Waals surface area contributed by atoms with Crippen molar-refractivity contribution in [1.82, 2.24) is 19.9 Å². The van der Waals surface area contributed by atoms with Crippen molar-refractivity contribution in [2.24, 2.45) is 0 Å². The van der Waals surface area contributed by atoms with Gasteiger partial charge in [0.15, 0.2) is 11.9 Å². The predicted molar refractivity (Wildman–Crippen MR) is 158 cm³/mol. The molecule has 2 heterocycles. The first-order chi connectivity index (χ1) is 18.5. The van der Waals surface area contributed by atoms with Gasteiger partial charge in [0.25, 0.3) is 0 Å². The van der Waals surface area contributed by atoms with Gasteiger partial charge in [-0.3, -0.25) is 4.79 Å². The highest BCUT2D eigenvalue weighted by Gasteiger charge is 2.13. The Labute approximate surface area is 234 Å². The van der Waals surface area contributed by atoms with Gasteiger partial charge in [0.2, 0.25) is 0 Å². The molecular formula is C29H28BrN5O2S. The van der Waals surface area contributed by atoms with Crippen molar-refractivity contribution in [2.75, 3.05) is 18.6 Å². The Bertz CT molecular complexity index is 1520. The van der Waals surface area contributed by atoms with E-state index in [1.165, 1.54) is 11.1 Å². The molecule has 0 spiro atoms. The van der Waals surface area contributed by atoms with E-state index in [9.17, 15) is 9.90 Å². The third kappa shape index (κ3) is 6.61. The smallest absolute Gasteiger partial charge is 0.172 e. The summed E-state index contributed by atoms with van der Waals surface area (Å²) in [5, 5.41) is 21.2. The summed E-state index contributed by atoms with van der Waals surface area (Å²) in [6.07, 6.45) is 4.56. The number of aromatic hydroxyl groups is 1. The van der Waals surface area contributed by atoms with Crippen molar-refractivity contribution in [3.05, 3.63) is 106 Å². The van der Waals surface area contributed by atoms with Gasteiger partial charge in [-0.1, -0.05) is 54.6 Å². The summed E-state index contributed by atoms with van der Waals surface area (Å²) in [6.45, 7) is 1.50. The molecule has 0 unspecified atom stereocenters. The molecule has 0 radical (unpaired) electrons. The van der Waals surface area contributed by atoms with Crippen LogP contribution in [0.2, 0.25) is 0 Å². The standard InChI is InChI=1S/C21H20BrN5O.C8H8OS/c1-23-11-14-6-8-15(9-7-14)12-24-20-10-18(16-4-2-3-5-19(16)28)26-21-17(22)13-25-27(20)21;1-10-8-5-3-2-4-7(8)6-9/h2-10,13,23-24,28H,11-12H2,1H3;2-6H,1H3. The van der Waals surface area contributed by atoms with E-state index in [-0.39, 0.29) is 5.75 Å². The number of phenols is 1. The van der Waals surface area contributed by atoms with Crippen LogP contribution in [0, 0.1) is 0 Å². The molecule has 0 aliphatic carbocycles. The normalized spacial score (nSPS) is 10.6. The lowest BCUT2D eigenvalue weighted by Crippen LogP contribution is -2.08. The third-order valence-electron chi connectivity index (χ3n) is 5.75. The van der Waals surface area contributed by atoms with Crippen LogP contribution in [0.1, 0.15) is 21.5 Å². The van der Waals surface area contributed by atoms with Gasteiger partial charge in [0.1, 0.15) is 11.6 Å². The molecule has 0 saturated heterocycles. The van der Waals surface area contributed by atoms with Crippen molar-refractivity contribution < 1.29 is 9.90 Å². The SMILES string of the molecule is CNCc1ccc(CNc2cc(-c3ccccc3O)nc3c(Br)cnn23)cc1.CSc1ccccc1C=O. The number of anilines is 1. The van der Waals surface area contributed by atoms with Crippen LogP contribution < -0.4 is 10.6 Å². The minimum Gasteiger partial charge on any atom is -0.507 e. The van der Waals surface area contributed by atoms with E-state index in [4.69, 9.17) is 0 Å². The highest BCUT2D eigenvalue weighted by atomic mass is 79.9. The zero-order chi connectivity index (χ0) is 26.9. The number of hydrogen-bond acceptors (Lipinski definition) is 7. The molecule has 0 saturated carbocycles. The maximum absolute atomic E-state index is 10.4. The number of aromatic nitrogens is 3. The van der Waals surface area contributed by atoms with Crippen LogP contribution in [0.25, 0.3) is 16.9 Å². The molecule has 7 nitrogen and oxygen atoms in total. The summed E-state index contributed by atoms with van der Waals surface area (Å²) in [5.74, 6) is 0.995. The van der Waals surface area contributed by atoms with E-state index >= 15 is 0 Å². The van der Waals surface area contributed by atoms with Gasteiger partial charge in [-0.05, 0) is 58.6 Å². The number of para-hydroxylation sites is 1. The van der Waals surface area contributed by atoms with Gasteiger partial charge in [0.05, 0.1) is 16.4 Å². The molecule has 194 valence electrons. The summed E-state index contributed by atoms with van der Waals surface area (Å²) >= 11 is 5.09. The Morgan fingerprint density at radius 2 is 1.68 bits per heavy atom. The molecule has 0 fully saturated rings. The summed E-state index contributed by atoms with van der Waals surface area (Å²) in [6, 6.07) is 25.1. The number of thioether (sulfide) groups is 1. The molecule has 3 aromatic carbocycles. The second-order valence-corrected chi connectivity index (χ2v) is 10.0. The second kappa shape index (κ2) is 13.2. The molecule has 3 N–H and O–H groups in total. The van der Waals surface area contributed by atoms with E-state index in [1.54, 1.807) is 34.6 Å². The average molecular weight is 591 g/mol. The van der Waals surface area contributed by atoms with Gasteiger partial charge in [-0.2, -0.15) is 9.61 Å². The Balaban J connectivity index is 0.000000283. The van der Waals surface area contributed by atoms with Gasteiger partial charge >= 0.3 is 0 Å². The third-order valence-corrected chi connectivity index (χ3v) is 7.12. The molecular weight excluding hydrogens is 562 g/mol. The quantitative estimate of drug-likeness (QED) is 0.142. The van der Waals surface area contributed by atoms with Gasteiger partial charge < -0.3 is 15.7 Å². The number of aldehydes is 1. The Morgan fingerprint density at radius 3 is 2.34 bits per heavy atom. The number of rotatable bonds is 8. The van der Waals surface area contributed by atoms with Crippen molar-refractivity contribution in [2.45, 2.75) is 18.0 Å². The summed E-state index contributed by atoms with van der Waals surface area (Å²) < 4.78 is 2.55. The number of halogens is 1. The van der Waals surface area contributed by atoms with Crippen molar-refractivity contribution in [1.29, 1.82) is 0 Å². The van der Waals surface area contributed by atoms with Crippen LogP contribution in [-0.2, 0) is 13.1 Å². The molecule has 0 amide bonds. The predicted octanol–water partition coefficient (Wildman–Crippen LogP) is 6.42. The number of nitrogens with zero attached hydrogens (tertiary/aromatic N) is 3. The second-order valence-electron chi connectivity index (χ2n) is 8.33. The van der Waals surface area contributed by atoms with E-state index in [0.717, 1.165) is 33.6 Å². The lowest BCUT2D eigenvalue weighted by molar-refractivity contribution is 0.112. The first-order valence-corrected chi connectivity index (χ1v) is 13.9. The maximum atomic E-state index is 10.4. The number of carbonyl (C=O) groups is 1. The number of hydrogen-bond donors (Lipinski definition) is 3. The van der Waals surface area contributed by atoms with Gasteiger partial charge in [-0.25, -0.2) is 4.98 Å². The molecule has 0 bridgehead atoms. The maximum Gasteiger partial charge on any atom is 0.172 e. The van der Waals surface area contributed by atoms with Crippen LogP contribution in [0.3, 0.4) is 0 Å². The summed E-state index contributed by atoms with van der Waals surface area (Å²) in [5.41, 5.74) is 5.23. The van der Waals surface area contributed by atoms with E-state index in [1.807, 2.05) is 55.8 Å². The van der Waals surface area contributed by atoms with Crippen molar-refractivity contribution in [3.63, 3.8) is 0 Å². The van der Waals surface area contributed by atoms with E-state index < -0.39 is 0 Å². The number of carbonyl (C=O) groups excluding carboxylic acids is 1. The Kier molecular flexibility index (Phi) is 9.53. The molecule has 5 aromatic rings. The molecule has 5 rings (SSSR count). The van der Waals surface area contributed by atoms with Crippen LogP contribution in [-0.4, -0.2) is 39.3 Å². The van der Waals surface area contributed by atoms with E-state index in [0.29, 0.717) is 23.4 Å². The highest BCUT2D eigenvalue weighted by molar-refractivity contribution is 9.10.